The van der Waals surface area contributed by atoms with Gasteiger partial charge in [-0.3, -0.25) is 4.79 Å². The lowest BCUT2D eigenvalue weighted by Crippen LogP contribution is -2.24. The van der Waals surface area contributed by atoms with E-state index in [1.54, 1.807) is 0 Å². The highest BCUT2D eigenvalue weighted by Crippen LogP contribution is 1.97. The Balaban J connectivity index is 2.40. The standard InChI is InChI=1S/C11H14NO/c1-2-3-9-12-11(13)10-7-5-4-6-8-10/h2,4-8H,3,9H2,1H3,(H,12,13). The second-order valence-electron chi connectivity index (χ2n) is 2.82. The molecule has 0 saturated heterocycles. The lowest BCUT2D eigenvalue weighted by Gasteiger charge is -2.02. The molecule has 0 aliphatic carbocycles. The van der Waals surface area contributed by atoms with E-state index in [1.165, 1.54) is 0 Å². The van der Waals surface area contributed by atoms with Crippen molar-refractivity contribution in [2.24, 2.45) is 0 Å². The summed E-state index contributed by atoms with van der Waals surface area (Å²) in [5.74, 6) is 0.00227. The SMILES string of the molecule is C[CH]CCNC(=O)c1ccccc1. The van der Waals surface area contributed by atoms with Crippen LogP contribution in [0, 0.1) is 6.42 Å². The monoisotopic (exact) mass is 176 g/mol. The molecular formula is C11H14NO. The molecule has 69 valence electrons. The van der Waals surface area contributed by atoms with Crippen LogP contribution in [0.1, 0.15) is 23.7 Å². The van der Waals surface area contributed by atoms with E-state index in [1.807, 2.05) is 43.7 Å². The van der Waals surface area contributed by atoms with Crippen molar-refractivity contribution >= 4 is 5.91 Å². The zero-order valence-electron chi connectivity index (χ0n) is 7.79. The molecule has 0 bridgehead atoms. The number of rotatable bonds is 4. The first-order valence-corrected chi connectivity index (χ1v) is 4.45. The van der Waals surface area contributed by atoms with Gasteiger partial charge in [0.15, 0.2) is 0 Å². The third kappa shape index (κ3) is 3.28. The van der Waals surface area contributed by atoms with Crippen LogP contribution in [0.15, 0.2) is 30.3 Å². The molecule has 0 spiro atoms. The van der Waals surface area contributed by atoms with Gasteiger partial charge in [0.2, 0.25) is 0 Å². The topological polar surface area (TPSA) is 29.1 Å². The number of unbranched alkanes of at least 4 members (excludes halogenated alkanes) is 1. The first-order chi connectivity index (χ1) is 6.34. The van der Waals surface area contributed by atoms with Crippen molar-refractivity contribution in [2.75, 3.05) is 6.54 Å². The summed E-state index contributed by atoms with van der Waals surface area (Å²) in [6.07, 6.45) is 2.95. The molecule has 1 radical (unpaired) electrons. The molecule has 0 aliphatic rings. The zero-order valence-corrected chi connectivity index (χ0v) is 7.79. The second kappa shape index (κ2) is 5.36. The Kier molecular flexibility index (Phi) is 4.03. The van der Waals surface area contributed by atoms with Crippen molar-refractivity contribution in [3.63, 3.8) is 0 Å². The molecule has 1 N–H and O–H groups in total. The van der Waals surface area contributed by atoms with E-state index < -0.39 is 0 Å². The fourth-order valence-corrected chi connectivity index (χ4v) is 1.02. The number of amides is 1. The molecule has 0 unspecified atom stereocenters. The maximum Gasteiger partial charge on any atom is 0.251 e. The number of benzene rings is 1. The lowest BCUT2D eigenvalue weighted by molar-refractivity contribution is 0.0954. The molecule has 0 aliphatic heterocycles. The average molecular weight is 176 g/mol. The van der Waals surface area contributed by atoms with E-state index in [2.05, 4.69) is 5.32 Å². The molecule has 2 heteroatoms. The number of hydrogen-bond acceptors (Lipinski definition) is 1. The molecule has 2 nitrogen and oxygen atoms in total. The summed E-state index contributed by atoms with van der Waals surface area (Å²) in [6.45, 7) is 2.69. The zero-order chi connectivity index (χ0) is 9.52. The van der Waals surface area contributed by atoms with Crippen LogP contribution in [-0.4, -0.2) is 12.5 Å². The van der Waals surface area contributed by atoms with E-state index in [-0.39, 0.29) is 5.91 Å². The Bertz CT molecular complexity index is 256. The van der Waals surface area contributed by atoms with Gasteiger partial charge in [0, 0.05) is 12.1 Å². The Morgan fingerprint density at radius 2 is 2.08 bits per heavy atom. The lowest BCUT2D eigenvalue weighted by atomic mass is 10.2. The van der Waals surface area contributed by atoms with Crippen molar-refractivity contribution in [3.05, 3.63) is 42.3 Å². The number of nitrogens with one attached hydrogen (secondary N) is 1. The summed E-state index contributed by atoms with van der Waals surface area (Å²) in [7, 11) is 0. The Morgan fingerprint density at radius 1 is 1.38 bits per heavy atom. The fourth-order valence-electron chi connectivity index (χ4n) is 1.02. The highest BCUT2D eigenvalue weighted by atomic mass is 16.1. The van der Waals surface area contributed by atoms with Crippen LogP contribution in [0.5, 0.6) is 0 Å². The predicted octanol–water partition coefficient (Wildman–Crippen LogP) is 2.03. The molecule has 1 aromatic rings. The highest BCUT2D eigenvalue weighted by molar-refractivity contribution is 5.94. The van der Waals surface area contributed by atoms with E-state index in [9.17, 15) is 4.79 Å². The molecule has 0 heterocycles. The van der Waals surface area contributed by atoms with Crippen molar-refractivity contribution in [1.29, 1.82) is 0 Å². The van der Waals surface area contributed by atoms with Crippen LogP contribution >= 0.6 is 0 Å². The quantitative estimate of drug-likeness (QED) is 0.699. The second-order valence-corrected chi connectivity index (χ2v) is 2.82. The predicted molar refractivity (Wildman–Crippen MR) is 53.4 cm³/mol. The van der Waals surface area contributed by atoms with Gasteiger partial charge in [0.25, 0.3) is 5.91 Å². The highest BCUT2D eigenvalue weighted by Gasteiger charge is 2.01. The molecule has 0 fully saturated rings. The summed E-state index contributed by atoms with van der Waals surface area (Å²) in [5.41, 5.74) is 0.721. The largest absolute Gasteiger partial charge is 0.352 e. The smallest absolute Gasteiger partial charge is 0.251 e. The van der Waals surface area contributed by atoms with Crippen molar-refractivity contribution in [3.8, 4) is 0 Å². The maximum absolute atomic E-state index is 11.4. The average Bonchev–Trinajstić information content (AvgIpc) is 2.19. The summed E-state index contributed by atoms with van der Waals surface area (Å²) < 4.78 is 0. The summed E-state index contributed by atoms with van der Waals surface area (Å²) in [5, 5.41) is 2.83. The van der Waals surface area contributed by atoms with Crippen LogP contribution in [0.2, 0.25) is 0 Å². The number of hydrogen-bond donors (Lipinski definition) is 1. The molecule has 1 rings (SSSR count). The molecule has 0 saturated carbocycles. The Labute approximate surface area is 79.0 Å². The summed E-state index contributed by atoms with van der Waals surface area (Å²) >= 11 is 0. The normalized spacial score (nSPS) is 9.62. The van der Waals surface area contributed by atoms with E-state index in [0.29, 0.717) is 6.54 Å². The van der Waals surface area contributed by atoms with Gasteiger partial charge in [0.05, 0.1) is 0 Å². The van der Waals surface area contributed by atoms with Crippen molar-refractivity contribution in [1.82, 2.24) is 5.32 Å². The van der Waals surface area contributed by atoms with Crippen LogP contribution in [0.3, 0.4) is 0 Å². The molecule has 0 atom stereocenters. The first-order valence-electron chi connectivity index (χ1n) is 4.45. The van der Waals surface area contributed by atoms with Gasteiger partial charge in [-0.25, -0.2) is 0 Å². The maximum atomic E-state index is 11.4. The van der Waals surface area contributed by atoms with Gasteiger partial charge in [0.1, 0.15) is 0 Å². The number of carbonyl (C=O) groups excluding carboxylic acids is 1. The fraction of sp³-hybridized carbons (Fsp3) is 0.273. The minimum atomic E-state index is 0.00227. The third-order valence-corrected chi connectivity index (χ3v) is 1.75. The molecular weight excluding hydrogens is 162 g/mol. The molecule has 13 heavy (non-hydrogen) atoms. The minimum Gasteiger partial charge on any atom is -0.352 e. The summed E-state index contributed by atoms with van der Waals surface area (Å²) in [4.78, 5) is 11.4. The Morgan fingerprint density at radius 3 is 2.69 bits per heavy atom. The van der Waals surface area contributed by atoms with Crippen molar-refractivity contribution < 1.29 is 4.79 Å². The van der Waals surface area contributed by atoms with E-state index in [0.717, 1.165) is 12.0 Å². The molecule has 1 aromatic carbocycles. The van der Waals surface area contributed by atoms with Gasteiger partial charge < -0.3 is 5.32 Å². The van der Waals surface area contributed by atoms with Gasteiger partial charge in [-0.1, -0.05) is 25.1 Å². The summed E-state index contributed by atoms with van der Waals surface area (Å²) in [6, 6.07) is 9.24. The van der Waals surface area contributed by atoms with Crippen LogP contribution < -0.4 is 5.32 Å². The van der Waals surface area contributed by atoms with Gasteiger partial charge in [-0.15, -0.1) is 0 Å². The van der Waals surface area contributed by atoms with Gasteiger partial charge in [-0.2, -0.15) is 0 Å². The Hall–Kier alpha value is -1.31. The van der Waals surface area contributed by atoms with Crippen LogP contribution in [0.25, 0.3) is 0 Å². The van der Waals surface area contributed by atoms with Gasteiger partial charge >= 0.3 is 0 Å². The minimum absolute atomic E-state index is 0.00227. The van der Waals surface area contributed by atoms with Crippen LogP contribution in [0.4, 0.5) is 0 Å². The van der Waals surface area contributed by atoms with Gasteiger partial charge in [-0.05, 0) is 25.0 Å². The van der Waals surface area contributed by atoms with Crippen molar-refractivity contribution in [2.45, 2.75) is 13.3 Å². The first kappa shape index (κ1) is 9.78. The van der Waals surface area contributed by atoms with E-state index in [4.69, 9.17) is 0 Å². The molecule has 1 amide bonds. The number of carbonyl (C=O) groups is 1. The van der Waals surface area contributed by atoms with Crippen LogP contribution in [-0.2, 0) is 0 Å². The van der Waals surface area contributed by atoms with E-state index >= 15 is 0 Å². The molecule has 0 aromatic heterocycles. The third-order valence-electron chi connectivity index (χ3n) is 1.75.